The van der Waals surface area contributed by atoms with Crippen molar-refractivity contribution in [3.05, 3.63) is 35.2 Å². The summed E-state index contributed by atoms with van der Waals surface area (Å²) in [4.78, 5) is 3.75. The molecule has 16 heavy (non-hydrogen) atoms. The van der Waals surface area contributed by atoms with E-state index in [9.17, 15) is 12.3 Å². The van der Waals surface area contributed by atoms with Crippen molar-refractivity contribution in [1.82, 2.24) is 4.98 Å². The van der Waals surface area contributed by atoms with Gasteiger partial charge in [0.1, 0.15) is 5.01 Å². The van der Waals surface area contributed by atoms with Crippen molar-refractivity contribution in [1.29, 1.82) is 0 Å². The third kappa shape index (κ3) is 2.28. The standard InChI is InChI=1S/C10H8FNO2S2/c1-7-3-2-4-8(5-7)10-12-9(6-15-10)16(11,13)14/h2-6H,1H3. The van der Waals surface area contributed by atoms with Crippen molar-refractivity contribution in [2.45, 2.75) is 11.9 Å². The van der Waals surface area contributed by atoms with E-state index in [-0.39, 0.29) is 0 Å². The zero-order chi connectivity index (χ0) is 11.8. The second-order valence-corrected chi connectivity index (χ2v) is 5.45. The van der Waals surface area contributed by atoms with Gasteiger partial charge in [0, 0.05) is 10.9 Å². The van der Waals surface area contributed by atoms with E-state index in [1.165, 1.54) is 5.38 Å². The van der Waals surface area contributed by atoms with Gasteiger partial charge in [-0.2, -0.15) is 8.42 Å². The Bertz CT molecular complexity index is 619. The molecule has 2 aromatic rings. The van der Waals surface area contributed by atoms with E-state index < -0.39 is 15.2 Å². The molecule has 0 saturated heterocycles. The van der Waals surface area contributed by atoms with Crippen LogP contribution in [-0.4, -0.2) is 13.4 Å². The van der Waals surface area contributed by atoms with Gasteiger partial charge in [0.2, 0.25) is 0 Å². The lowest BCUT2D eigenvalue weighted by Crippen LogP contribution is -1.91. The molecule has 0 fully saturated rings. The fourth-order valence-corrected chi connectivity index (χ4v) is 2.82. The molecule has 0 amide bonds. The van der Waals surface area contributed by atoms with E-state index in [0.29, 0.717) is 5.01 Å². The fourth-order valence-electron chi connectivity index (χ4n) is 1.28. The lowest BCUT2D eigenvalue weighted by atomic mass is 10.1. The molecule has 0 aliphatic carbocycles. The highest BCUT2D eigenvalue weighted by atomic mass is 32.3. The maximum Gasteiger partial charge on any atom is 0.350 e. The zero-order valence-electron chi connectivity index (χ0n) is 8.34. The highest BCUT2D eigenvalue weighted by Gasteiger charge is 2.16. The SMILES string of the molecule is Cc1cccc(-c2nc(S(=O)(=O)F)cs2)c1. The number of halogens is 1. The summed E-state index contributed by atoms with van der Waals surface area (Å²) < 4.78 is 33.9. The van der Waals surface area contributed by atoms with Crippen LogP contribution in [0.25, 0.3) is 10.6 Å². The Labute approximate surface area is 96.8 Å². The second kappa shape index (κ2) is 3.95. The minimum atomic E-state index is -4.70. The molecule has 84 valence electrons. The first-order valence-electron chi connectivity index (χ1n) is 4.44. The average Bonchev–Trinajstić information content (AvgIpc) is 2.65. The van der Waals surface area contributed by atoms with Crippen molar-refractivity contribution in [2.24, 2.45) is 0 Å². The second-order valence-electron chi connectivity index (χ2n) is 3.30. The van der Waals surface area contributed by atoms with Crippen LogP contribution < -0.4 is 0 Å². The van der Waals surface area contributed by atoms with Crippen molar-refractivity contribution >= 4 is 21.6 Å². The number of thiazole rings is 1. The Morgan fingerprint density at radius 3 is 2.69 bits per heavy atom. The predicted molar refractivity (Wildman–Crippen MR) is 60.6 cm³/mol. The van der Waals surface area contributed by atoms with Crippen LogP contribution in [0.1, 0.15) is 5.56 Å². The summed E-state index contributed by atoms with van der Waals surface area (Å²) in [7, 11) is -4.70. The van der Waals surface area contributed by atoms with Gasteiger partial charge in [-0.05, 0) is 13.0 Å². The Morgan fingerprint density at radius 2 is 2.12 bits per heavy atom. The number of aryl methyl sites for hydroxylation is 1. The number of hydrogen-bond donors (Lipinski definition) is 0. The van der Waals surface area contributed by atoms with Gasteiger partial charge >= 0.3 is 10.2 Å². The average molecular weight is 257 g/mol. The smallest absolute Gasteiger partial charge is 0.222 e. The lowest BCUT2D eigenvalue weighted by molar-refractivity contribution is 0.549. The molecular formula is C10H8FNO2S2. The summed E-state index contributed by atoms with van der Waals surface area (Å²) in [6, 6.07) is 7.44. The van der Waals surface area contributed by atoms with E-state index in [0.717, 1.165) is 22.5 Å². The van der Waals surface area contributed by atoms with Gasteiger partial charge in [-0.25, -0.2) is 4.98 Å². The van der Waals surface area contributed by atoms with Crippen molar-refractivity contribution < 1.29 is 12.3 Å². The first-order valence-corrected chi connectivity index (χ1v) is 6.70. The molecule has 0 N–H and O–H groups in total. The van der Waals surface area contributed by atoms with E-state index >= 15 is 0 Å². The van der Waals surface area contributed by atoms with E-state index in [1.807, 2.05) is 25.1 Å². The summed E-state index contributed by atoms with van der Waals surface area (Å²) in [6.45, 7) is 1.92. The minimum Gasteiger partial charge on any atom is -0.222 e. The topological polar surface area (TPSA) is 47.0 Å². The molecule has 0 bridgehead atoms. The molecule has 0 atom stereocenters. The van der Waals surface area contributed by atoms with Crippen molar-refractivity contribution in [3.8, 4) is 10.6 Å². The summed E-state index contributed by atoms with van der Waals surface area (Å²) in [6.07, 6.45) is 0. The monoisotopic (exact) mass is 257 g/mol. The zero-order valence-corrected chi connectivity index (χ0v) is 9.98. The molecule has 3 nitrogen and oxygen atoms in total. The number of aromatic nitrogens is 1. The van der Waals surface area contributed by atoms with Gasteiger partial charge in [-0.3, -0.25) is 0 Å². The fraction of sp³-hybridized carbons (Fsp3) is 0.100. The molecule has 2 rings (SSSR count). The van der Waals surface area contributed by atoms with Gasteiger partial charge in [-0.1, -0.05) is 27.6 Å². The van der Waals surface area contributed by atoms with Gasteiger partial charge < -0.3 is 0 Å². The van der Waals surface area contributed by atoms with Crippen molar-refractivity contribution in [2.75, 3.05) is 0 Å². The molecule has 1 heterocycles. The highest BCUT2D eigenvalue weighted by Crippen LogP contribution is 2.26. The molecule has 6 heteroatoms. The summed E-state index contributed by atoms with van der Waals surface area (Å²) in [5, 5.41) is 1.18. The van der Waals surface area contributed by atoms with Gasteiger partial charge in [-0.15, -0.1) is 11.3 Å². The summed E-state index contributed by atoms with van der Waals surface area (Å²) in [5.41, 5.74) is 1.83. The third-order valence-corrected chi connectivity index (χ3v) is 3.75. The molecule has 0 radical (unpaired) electrons. The molecular weight excluding hydrogens is 249 g/mol. The van der Waals surface area contributed by atoms with Crippen LogP contribution in [0.3, 0.4) is 0 Å². The number of hydrogen-bond acceptors (Lipinski definition) is 4. The Kier molecular flexibility index (Phi) is 2.77. The normalized spacial score (nSPS) is 11.6. The van der Waals surface area contributed by atoms with Crippen LogP contribution in [0.4, 0.5) is 3.89 Å². The summed E-state index contributed by atoms with van der Waals surface area (Å²) in [5.74, 6) is 0. The minimum absolute atomic E-state index is 0.500. The number of rotatable bonds is 2. The first-order chi connectivity index (χ1) is 7.47. The van der Waals surface area contributed by atoms with Crippen LogP contribution >= 0.6 is 11.3 Å². The first kappa shape index (κ1) is 11.2. The molecule has 1 aromatic heterocycles. The molecule has 0 saturated carbocycles. The van der Waals surface area contributed by atoms with Gasteiger partial charge in [0.05, 0.1) is 0 Å². The predicted octanol–water partition coefficient (Wildman–Crippen LogP) is 2.78. The number of benzene rings is 1. The quantitative estimate of drug-likeness (QED) is 0.777. The molecule has 0 unspecified atom stereocenters. The largest absolute Gasteiger partial charge is 0.350 e. The third-order valence-electron chi connectivity index (χ3n) is 2.00. The van der Waals surface area contributed by atoms with E-state index in [2.05, 4.69) is 4.98 Å². The van der Waals surface area contributed by atoms with Crippen LogP contribution in [-0.2, 0) is 10.2 Å². The van der Waals surface area contributed by atoms with E-state index in [1.54, 1.807) is 6.07 Å². The Balaban J connectivity index is 2.47. The summed E-state index contributed by atoms with van der Waals surface area (Å²) >= 11 is 1.11. The lowest BCUT2D eigenvalue weighted by Gasteiger charge is -1.96. The maximum atomic E-state index is 12.6. The van der Waals surface area contributed by atoms with Crippen molar-refractivity contribution in [3.63, 3.8) is 0 Å². The number of nitrogens with zero attached hydrogens (tertiary/aromatic N) is 1. The highest BCUT2D eigenvalue weighted by molar-refractivity contribution is 7.86. The van der Waals surface area contributed by atoms with Gasteiger partial charge in [0.15, 0.2) is 5.03 Å². The van der Waals surface area contributed by atoms with Crippen LogP contribution in [0.2, 0.25) is 0 Å². The maximum absolute atomic E-state index is 12.6. The molecule has 0 spiro atoms. The molecule has 1 aromatic carbocycles. The van der Waals surface area contributed by atoms with Crippen LogP contribution in [0, 0.1) is 6.92 Å². The van der Waals surface area contributed by atoms with Gasteiger partial charge in [0.25, 0.3) is 0 Å². The molecule has 0 aliphatic heterocycles. The van der Waals surface area contributed by atoms with Crippen LogP contribution in [0.15, 0.2) is 34.7 Å². The van der Waals surface area contributed by atoms with E-state index in [4.69, 9.17) is 0 Å². The Morgan fingerprint density at radius 1 is 1.38 bits per heavy atom. The van der Waals surface area contributed by atoms with Crippen LogP contribution in [0.5, 0.6) is 0 Å². The Hall–Kier alpha value is -1.27. The molecule has 0 aliphatic rings.